The Morgan fingerprint density at radius 1 is 1.45 bits per heavy atom. The largest absolute Gasteiger partial charge is 0.349 e. The van der Waals surface area contributed by atoms with E-state index in [1.165, 1.54) is 19.3 Å². The van der Waals surface area contributed by atoms with Gasteiger partial charge in [-0.2, -0.15) is 0 Å². The van der Waals surface area contributed by atoms with E-state index >= 15 is 0 Å². The lowest BCUT2D eigenvalue weighted by Gasteiger charge is -2.48. The number of halogens is 2. The number of benzene rings is 1. The molecule has 2 aliphatic rings. The monoisotopic (exact) mass is 356 g/mol. The second-order valence-electron chi connectivity index (χ2n) is 5.85. The Labute approximate surface area is 132 Å². The van der Waals surface area contributed by atoms with Crippen molar-refractivity contribution in [3.05, 3.63) is 33.3 Å². The molecule has 2 N–H and O–H groups in total. The Morgan fingerprint density at radius 3 is 2.95 bits per heavy atom. The summed E-state index contributed by atoms with van der Waals surface area (Å²) in [4.78, 5) is 12.4. The number of amides is 1. The molecule has 1 unspecified atom stereocenters. The van der Waals surface area contributed by atoms with Crippen LogP contribution in [0.2, 0.25) is 5.02 Å². The normalized spacial score (nSPS) is 24.2. The van der Waals surface area contributed by atoms with E-state index in [4.69, 9.17) is 11.6 Å². The van der Waals surface area contributed by atoms with Gasteiger partial charge in [0.25, 0.3) is 5.91 Å². The quantitative estimate of drug-likeness (QED) is 0.850. The maximum absolute atomic E-state index is 12.4. The predicted molar refractivity (Wildman–Crippen MR) is 84.2 cm³/mol. The van der Waals surface area contributed by atoms with Gasteiger partial charge < -0.3 is 10.6 Å². The van der Waals surface area contributed by atoms with Gasteiger partial charge in [0.1, 0.15) is 0 Å². The van der Waals surface area contributed by atoms with Crippen LogP contribution in [0, 0.1) is 0 Å². The number of hydrogen-bond acceptors (Lipinski definition) is 2. The van der Waals surface area contributed by atoms with Crippen LogP contribution in [0.3, 0.4) is 0 Å². The summed E-state index contributed by atoms with van der Waals surface area (Å²) in [6, 6.07) is 5.56. The Hall–Kier alpha value is -0.580. The minimum atomic E-state index is -0.0410. The number of piperidine rings is 1. The first kappa shape index (κ1) is 14.4. The molecule has 0 bridgehead atoms. The third kappa shape index (κ3) is 2.87. The minimum Gasteiger partial charge on any atom is -0.349 e. The van der Waals surface area contributed by atoms with E-state index in [-0.39, 0.29) is 11.9 Å². The molecule has 0 radical (unpaired) electrons. The number of rotatable bonds is 2. The Bertz CT molecular complexity index is 531. The molecule has 1 amide bonds. The first-order valence-corrected chi connectivity index (χ1v) is 8.26. The van der Waals surface area contributed by atoms with Crippen LogP contribution in [0.4, 0.5) is 0 Å². The number of hydrogen-bond donors (Lipinski definition) is 2. The van der Waals surface area contributed by atoms with Gasteiger partial charge in [-0.3, -0.25) is 4.79 Å². The molecule has 3 nitrogen and oxygen atoms in total. The van der Waals surface area contributed by atoms with Gasteiger partial charge in [0, 0.05) is 21.1 Å². The lowest BCUT2D eigenvalue weighted by Crippen LogP contribution is -2.59. The molecule has 1 spiro atoms. The summed E-state index contributed by atoms with van der Waals surface area (Å²) in [5.74, 6) is -0.0410. The molecule has 0 aromatic heterocycles. The highest BCUT2D eigenvalue weighted by molar-refractivity contribution is 9.10. The number of carbonyl (C=O) groups excluding carboxylic acids is 1. The van der Waals surface area contributed by atoms with Crippen molar-refractivity contribution in [3.63, 3.8) is 0 Å². The summed E-state index contributed by atoms with van der Waals surface area (Å²) in [6.07, 6.45) is 5.80. The molecule has 1 aromatic carbocycles. The number of carbonyl (C=O) groups is 1. The number of nitrogens with one attached hydrogen (secondary N) is 2. The van der Waals surface area contributed by atoms with Gasteiger partial charge >= 0.3 is 0 Å². The minimum absolute atomic E-state index is 0.0410. The Kier molecular flexibility index (Phi) is 4.07. The molecule has 1 aromatic rings. The highest BCUT2D eigenvalue weighted by Gasteiger charge is 2.41. The fourth-order valence-electron chi connectivity index (χ4n) is 3.20. The van der Waals surface area contributed by atoms with Gasteiger partial charge in [-0.05, 0) is 72.8 Å². The van der Waals surface area contributed by atoms with Crippen LogP contribution >= 0.6 is 27.5 Å². The first-order valence-electron chi connectivity index (χ1n) is 7.09. The van der Waals surface area contributed by atoms with Crippen LogP contribution in [0.5, 0.6) is 0 Å². The average molecular weight is 358 g/mol. The van der Waals surface area contributed by atoms with Crippen LogP contribution in [0.25, 0.3) is 0 Å². The lowest BCUT2D eigenvalue weighted by atomic mass is 9.70. The van der Waals surface area contributed by atoms with E-state index in [1.54, 1.807) is 12.1 Å². The van der Waals surface area contributed by atoms with Gasteiger partial charge in [-0.15, -0.1) is 0 Å². The van der Waals surface area contributed by atoms with Crippen LogP contribution in [0.1, 0.15) is 42.5 Å². The molecule has 1 atom stereocenters. The zero-order chi connectivity index (χ0) is 14.2. The molecule has 1 saturated carbocycles. The zero-order valence-electron chi connectivity index (χ0n) is 11.2. The van der Waals surface area contributed by atoms with E-state index in [0.29, 0.717) is 16.1 Å². The highest BCUT2D eigenvalue weighted by Crippen LogP contribution is 2.38. The molecule has 1 aliphatic carbocycles. The molecule has 20 heavy (non-hydrogen) atoms. The molecule has 108 valence electrons. The lowest BCUT2D eigenvalue weighted by molar-refractivity contribution is 0.0852. The fraction of sp³-hybridized carbons (Fsp3) is 0.533. The van der Waals surface area contributed by atoms with Crippen molar-refractivity contribution in [1.29, 1.82) is 0 Å². The van der Waals surface area contributed by atoms with Gasteiger partial charge in [0.2, 0.25) is 0 Å². The van der Waals surface area contributed by atoms with Crippen LogP contribution in [-0.4, -0.2) is 24.0 Å². The molecular formula is C15H18BrClN2O. The van der Waals surface area contributed by atoms with E-state index in [9.17, 15) is 4.79 Å². The predicted octanol–water partition coefficient (Wildman–Crippen LogP) is 3.51. The second kappa shape index (κ2) is 5.66. The molecular weight excluding hydrogens is 340 g/mol. The van der Waals surface area contributed by atoms with E-state index in [1.807, 2.05) is 6.07 Å². The van der Waals surface area contributed by atoms with Crippen molar-refractivity contribution < 1.29 is 4.79 Å². The smallest absolute Gasteiger partial charge is 0.252 e. The zero-order valence-corrected chi connectivity index (χ0v) is 13.6. The van der Waals surface area contributed by atoms with Crippen LogP contribution < -0.4 is 10.6 Å². The SMILES string of the molecule is O=C(NC1CCNC2(CCC2)C1)c1cc(Cl)ccc1Br. The van der Waals surface area contributed by atoms with E-state index in [0.717, 1.165) is 23.9 Å². The van der Waals surface area contributed by atoms with E-state index in [2.05, 4.69) is 26.6 Å². The fourth-order valence-corrected chi connectivity index (χ4v) is 3.80. The van der Waals surface area contributed by atoms with Crippen molar-refractivity contribution in [2.75, 3.05) is 6.54 Å². The maximum Gasteiger partial charge on any atom is 0.252 e. The van der Waals surface area contributed by atoms with Crippen molar-refractivity contribution >= 4 is 33.4 Å². The van der Waals surface area contributed by atoms with Crippen LogP contribution in [0.15, 0.2) is 22.7 Å². The van der Waals surface area contributed by atoms with Gasteiger partial charge in [-0.1, -0.05) is 11.6 Å². The summed E-state index contributed by atoms with van der Waals surface area (Å²) >= 11 is 9.38. The summed E-state index contributed by atoms with van der Waals surface area (Å²) in [7, 11) is 0. The van der Waals surface area contributed by atoms with Gasteiger partial charge in [0.05, 0.1) is 5.56 Å². The summed E-state index contributed by atoms with van der Waals surface area (Å²) < 4.78 is 0.784. The van der Waals surface area contributed by atoms with Crippen molar-refractivity contribution in [3.8, 4) is 0 Å². The van der Waals surface area contributed by atoms with Crippen molar-refractivity contribution in [2.24, 2.45) is 0 Å². The highest BCUT2D eigenvalue weighted by atomic mass is 79.9. The topological polar surface area (TPSA) is 41.1 Å². The van der Waals surface area contributed by atoms with Crippen molar-refractivity contribution in [1.82, 2.24) is 10.6 Å². The molecule has 5 heteroatoms. The van der Waals surface area contributed by atoms with E-state index < -0.39 is 0 Å². The molecule has 1 aliphatic heterocycles. The summed E-state index contributed by atoms with van der Waals surface area (Å²) in [6.45, 7) is 0.988. The third-order valence-corrected chi connectivity index (χ3v) is 5.38. The van der Waals surface area contributed by atoms with Crippen molar-refractivity contribution in [2.45, 2.75) is 43.7 Å². The third-order valence-electron chi connectivity index (χ3n) is 4.45. The first-order chi connectivity index (χ1) is 9.58. The maximum atomic E-state index is 12.4. The summed E-state index contributed by atoms with van der Waals surface area (Å²) in [5.41, 5.74) is 0.903. The van der Waals surface area contributed by atoms with Crippen LogP contribution in [-0.2, 0) is 0 Å². The Morgan fingerprint density at radius 2 is 2.25 bits per heavy atom. The standard InChI is InChI=1S/C15H18BrClN2O/c16-13-3-2-10(17)8-12(13)14(20)19-11-4-7-18-15(9-11)5-1-6-15/h2-3,8,11,18H,1,4-7,9H2,(H,19,20). The summed E-state index contributed by atoms with van der Waals surface area (Å²) in [5, 5.41) is 7.36. The second-order valence-corrected chi connectivity index (χ2v) is 7.14. The average Bonchev–Trinajstić information content (AvgIpc) is 2.40. The van der Waals surface area contributed by atoms with Gasteiger partial charge in [-0.25, -0.2) is 0 Å². The molecule has 1 heterocycles. The van der Waals surface area contributed by atoms with Gasteiger partial charge in [0.15, 0.2) is 0 Å². The Balaban J connectivity index is 1.67. The molecule has 2 fully saturated rings. The molecule has 3 rings (SSSR count). The molecule has 1 saturated heterocycles.